The number of methoxy groups -OCH3 is 1. The van der Waals surface area contributed by atoms with E-state index < -0.39 is 0 Å². The van der Waals surface area contributed by atoms with Crippen molar-refractivity contribution >= 4 is 22.6 Å². The zero-order valence-corrected chi connectivity index (χ0v) is 14.4. The first-order chi connectivity index (χ1) is 9.58. The van der Waals surface area contributed by atoms with Crippen molar-refractivity contribution in [2.24, 2.45) is 0 Å². The zero-order chi connectivity index (χ0) is 14.7. The molecule has 0 aliphatic heterocycles. The van der Waals surface area contributed by atoms with Crippen LogP contribution < -0.4 is 10.1 Å². The lowest BCUT2D eigenvalue weighted by atomic mass is 10.0. The molecule has 0 fully saturated rings. The van der Waals surface area contributed by atoms with Crippen LogP contribution in [0.25, 0.3) is 0 Å². The lowest BCUT2D eigenvalue weighted by molar-refractivity contribution is 0.396. The van der Waals surface area contributed by atoms with Gasteiger partial charge in [-0.25, -0.2) is 0 Å². The van der Waals surface area contributed by atoms with Crippen molar-refractivity contribution in [3.63, 3.8) is 0 Å². The molecule has 5 heteroatoms. The highest BCUT2D eigenvalue weighted by molar-refractivity contribution is 14.1. The van der Waals surface area contributed by atoms with Gasteiger partial charge < -0.3 is 10.1 Å². The number of aromatic nitrogens is 2. The summed E-state index contributed by atoms with van der Waals surface area (Å²) in [5, 5.41) is 7.83. The highest BCUT2D eigenvalue weighted by Gasteiger charge is 2.23. The molecular formula is C15H20IN3O. The molecule has 1 unspecified atom stereocenters. The first kappa shape index (κ1) is 15.3. The molecule has 0 saturated carbocycles. The van der Waals surface area contributed by atoms with E-state index in [2.05, 4.69) is 71.1 Å². The molecule has 0 aliphatic carbocycles. The minimum Gasteiger partial charge on any atom is -0.493 e. The maximum atomic E-state index is 5.49. The molecule has 1 aromatic carbocycles. The number of rotatable bonds is 5. The van der Waals surface area contributed by atoms with Crippen molar-refractivity contribution < 1.29 is 4.74 Å². The summed E-state index contributed by atoms with van der Waals surface area (Å²) in [5.74, 6) is 0.817. The zero-order valence-electron chi connectivity index (χ0n) is 12.2. The molecular weight excluding hydrogens is 365 g/mol. The van der Waals surface area contributed by atoms with Gasteiger partial charge in [-0.2, -0.15) is 5.10 Å². The maximum Gasteiger partial charge on any atom is 0.161 e. The minimum atomic E-state index is 0.0598. The Morgan fingerprint density at radius 1 is 1.35 bits per heavy atom. The number of nitrogens with one attached hydrogen (secondary N) is 1. The van der Waals surface area contributed by atoms with Crippen molar-refractivity contribution in [3.05, 3.63) is 45.3 Å². The van der Waals surface area contributed by atoms with Gasteiger partial charge in [0, 0.05) is 9.61 Å². The van der Waals surface area contributed by atoms with Crippen LogP contribution in [0.15, 0.2) is 30.5 Å². The third kappa shape index (κ3) is 2.98. The normalized spacial score (nSPS) is 12.7. The molecule has 0 saturated heterocycles. The van der Waals surface area contributed by atoms with Crippen LogP contribution in [-0.4, -0.2) is 23.9 Å². The van der Waals surface area contributed by atoms with Crippen LogP contribution in [-0.2, 0) is 0 Å². The topological polar surface area (TPSA) is 39.1 Å². The molecule has 0 radical (unpaired) electrons. The van der Waals surface area contributed by atoms with E-state index >= 15 is 0 Å². The number of benzene rings is 1. The average molecular weight is 385 g/mol. The predicted octanol–water partition coefficient (Wildman–Crippen LogP) is 3.39. The molecule has 1 N–H and O–H groups in total. The van der Waals surface area contributed by atoms with Gasteiger partial charge in [0.1, 0.15) is 5.69 Å². The van der Waals surface area contributed by atoms with Gasteiger partial charge in [0.15, 0.2) is 5.75 Å². The standard InChI is InChI=1S/C15H20IN3O/c1-10(2)19-15(13(20-4)9-18-19)14(17-3)11-6-5-7-12(16)8-11/h5-10,14,17H,1-4H3. The van der Waals surface area contributed by atoms with Crippen molar-refractivity contribution in [1.82, 2.24) is 15.1 Å². The number of hydrogen-bond acceptors (Lipinski definition) is 3. The van der Waals surface area contributed by atoms with E-state index in [1.54, 1.807) is 13.3 Å². The second kappa shape index (κ2) is 6.58. The van der Waals surface area contributed by atoms with Crippen LogP contribution in [0.2, 0.25) is 0 Å². The van der Waals surface area contributed by atoms with Crippen molar-refractivity contribution in [3.8, 4) is 5.75 Å². The highest BCUT2D eigenvalue weighted by Crippen LogP contribution is 2.32. The summed E-state index contributed by atoms with van der Waals surface area (Å²) < 4.78 is 8.72. The molecule has 1 heterocycles. The van der Waals surface area contributed by atoms with Gasteiger partial charge in [0.25, 0.3) is 0 Å². The molecule has 4 nitrogen and oxygen atoms in total. The molecule has 0 spiro atoms. The fourth-order valence-electron chi connectivity index (χ4n) is 2.35. The Balaban J connectivity index is 2.54. The quantitative estimate of drug-likeness (QED) is 0.803. The van der Waals surface area contributed by atoms with Gasteiger partial charge >= 0.3 is 0 Å². The first-order valence-corrected chi connectivity index (χ1v) is 7.70. The van der Waals surface area contributed by atoms with Gasteiger partial charge in [-0.1, -0.05) is 12.1 Å². The van der Waals surface area contributed by atoms with Crippen molar-refractivity contribution in [1.29, 1.82) is 0 Å². The summed E-state index contributed by atoms with van der Waals surface area (Å²) >= 11 is 2.33. The number of halogens is 1. The van der Waals surface area contributed by atoms with E-state index in [0.717, 1.165) is 11.4 Å². The summed E-state index contributed by atoms with van der Waals surface area (Å²) in [6.07, 6.45) is 1.79. The van der Waals surface area contributed by atoms with Gasteiger partial charge in [-0.05, 0) is 61.2 Å². The number of nitrogens with zero attached hydrogens (tertiary/aromatic N) is 2. The Labute approximate surface area is 133 Å². The van der Waals surface area contributed by atoms with E-state index in [1.165, 1.54) is 9.13 Å². The van der Waals surface area contributed by atoms with E-state index in [-0.39, 0.29) is 12.1 Å². The van der Waals surface area contributed by atoms with Crippen LogP contribution in [0.3, 0.4) is 0 Å². The van der Waals surface area contributed by atoms with Crippen LogP contribution in [0.5, 0.6) is 5.75 Å². The Morgan fingerprint density at radius 3 is 2.65 bits per heavy atom. The number of hydrogen-bond donors (Lipinski definition) is 1. The average Bonchev–Trinajstić information content (AvgIpc) is 2.84. The van der Waals surface area contributed by atoms with Crippen LogP contribution in [0.1, 0.15) is 37.2 Å². The first-order valence-electron chi connectivity index (χ1n) is 6.62. The monoisotopic (exact) mass is 385 g/mol. The molecule has 20 heavy (non-hydrogen) atoms. The molecule has 0 aliphatic rings. The van der Waals surface area contributed by atoms with Gasteiger partial charge in [0.05, 0.1) is 19.3 Å². The van der Waals surface area contributed by atoms with Gasteiger partial charge in [-0.15, -0.1) is 0 Å². The highest BCUT2D eigenvalue weighted by atomic mass is 127. The Hall–Kier alpha value is -1.08. The van der Waals surface area contributed by atoms with Crippen LogP contribution >= 0.6 is 22.6 Å². The van der Waals surface area contributed by atoms with Gasteiger partial charge in [-0.3, -0.25) is 4.68 Å². The molecule has 2 rings (SSSR count). The van der Waals surface area contributed by atoms with Crippen LogP contribution in [0.4, 0.5) is 0 Å². The lowest BCUT2D eigenvalue weighted by Gasteiger charge is -2.21. The molecule has 2 aromatic rings. The third-order valence-corrected chi connectivity index (χ3v) is 3.92. The van der Waals surface area contributed by atoms with E-state index in [9.17, 15) is 0 Å². The Kier molecular flexibility index (Phi) is 5.04. The van der Waals surface area contributed by atoms with Crippen LogP contribution in [0, 0.1) is 3.57 Å². The fourth-order valence-corrected chi connectivity index (χ4v) is 2.91. The summed E-state index contributed by atoms with van der Waals surface area (Å²) in [5.41, 5.74) is 2.27. The predicted molar refractivity (Wildman–Crippen MR) is 89.2 cm³/mol. The molecule has 108 valence electrons. The van der Waals surface area contributed by atoms with Crippen molar-refractivity contribution in [2.45, 2.75) is 25.9 Å². The van der Waals surface area contributed by atoms with E-state index in [4.69, 9.17) is 4.74 Å². The second-order valence-corrected chi connectivity index (χ2v) is 6.16. The molecule has 0 bridgehead atoms. The minimum absolute atomic E-state index is 0.0598. The molecule has 0 amide bonds. The van der Waals surface area contributed by atoms with Crippen molar-refractivity contribution in [2.75, 3.05) is 14.2 Å². The summed E-state index contributed by atoms with van der Waals surface area (Å²) in [7, 11) is 3.65. The Bertz CT molecular complexity index is 580. The largest absolute Gasteiger partial charge is 0.493 e. The maximum absolute atomic E-state index is 5.49. The smallest absolute Gasteiger partial charge is 0.161 e. The summed E-state index contributed by atoms with van der Waals surface area (Å²) in [6, 6.07) is 8.81. The SMILES string of the molecule is CNC(c1cccc(I)c1)c1c(OC)cnn1C(C)C. The second-order valence-electron chi connectivity index (χ2n) is 4.91. The van der Waals surface area contributed by atoms with E-state index in [1.807, 2.05) is 11.7 Å². The van der Waals surface area contributed by atoms with E-state index in [0.29, 0.717) is 0 Å². The molecule has 1 atom stereocenters. The lowest BCUT2D eigenvalue weighted by Crippen LogP contribution is -2.23. The Morgan fingerprint density at radius 2 is 2.10 bits per heavy atom. The third-order valence-electron chi connectivity index (χ3n) is 3.25. The molecule has 1 aromatic heterocycles. The summed E-state index contributed by atoms with van der Waals surface area (Å²) in [4.78, 5) is 0. The fraction of sp³-hybridized carbons (Fsp3) is 0.400. The van der Waals surface area contributed by atoms with Gasteiger partial charge in [0.2, 0.25) is 0 Å². The summed E-state index contributed by atoms with van der Waals surface area (Å²) in [6.45, 7) is 4.24. The number of ether oxygens (including phenoxy) is 1.